The number of carbonyl (C=O) groups excluding carboxylic acids is 1. The number of likely N-dealkylation sites (N-methyl/N-ethyl adjacent to an activating group) is 2. The Morgan fingerprint density at radius 3 is 1.83 bits per heavy atom. The lowest BCUT2D eigenvalue weighted by molar-refractivity contribution is -0.109. The number of rotatable bonds is 4. The summed E-state index contributed by atoms with van der Waals surface area (Å²) in [5, 5.41) is 13.9. The topological polar surface area (TPSA) is 61.4 Å². The third-order valence-corrected chi connectivity index (χ3v) is 1.43. The molecule has 0 bridgehead atoms. The van der Waals surface area contributed by atoms with Crippen LogP contribution in [0.3, 0.4) is 0 Å². The first-order chi connectivity index (χ1) is 5.62. The first kappa shape index (κ1) is 14.1. The molecule has 0 radical (unpaired) electrons. The quantitative estimate of drug-likeness (QED) is 0.500. The third kappa shape index (κ3) is 12.2. The summed E-state index contributed by atoms with van der Waals surface area (Å²) >= 11 is 0. The number of hydrogen-bond donors (Lipinski definition) is 3. The highest BCUT2D eigenvalue weighted by atomic mass is 16.3. The monoisotopic (exact) mass is 176 g/mol. The van der Waals surface area contributed by atoms with Crippen LogP contribution in [0.4, 0.5) is 0 Å². The van der Waals surface area contributed by atoms with Crippen molar-refractivity contribution in [2.75, 3.05) is 20.7 Å². The fourth-order valence-electron chi connectivity index (χ4n) is 0.159. The lowest BCUT2D eigenvalue weighted by Gasteiger charge is -2.01. The molecular formula is C8H20N2O2. The maximum absolute atomic E-state index is 9.67. The molecule has 0 aliphatic carbocycles. The van der Waals surface area contributed by atoms with Crippen LogP contribution >= 0.6 is 0 Å². The molecule has 0 amide bonds. The highest BCUT2D eigenvalue weighted by molar-refractivity contribution is 5.56. The van der Waals surface area contributed by atoms with E-state index in [1.54, 1.807) is 14.0 Å². The van der Waals surface area contributed by atoms with Crippen molar-refractivity contribution in [1.82, 2.24) is 10.6 Å². The predicted octanol–water partition coefficient (Wildman–Crippen LogP) is -0.620. The van der Waals surface area contributed by atoms with Crippen LogP contribution in [0.15, 0.2) is 0 Å². The van der Waals surface area contributed by atoms with Crippen LogP contribution in [0, 0.1) is 0 Å². The summed E-state index contributed by atoms with van der Waals surface area (Å²) in [6.07, 6.45) is 0.861. The van der Waals surface area contributed by atoms with Gasteiger partial charge < -0.3 is 20.5 Å². The average molecular weight is 176 g/mol. The first-order valence-corrected chi connectivity index (χ1v) is 4.03. The van der Waals surface area contributed by atoms with Crippen molar-refractivity contribution >= 4 is 6.29 Å². The van der Waals surface area contributed by atoms with Crippen LogP contribution in [0.1, 0.15) is 13.8 Å². The Labute approximate surface area is 74.4 Å². The van der Waals surface area contributed by atoms with Crippen LogP contribution in [0.25, 0.3) is 0 Å². The van der Waals surface area contributed by atoms with Gasteiger partial charge in [-0.15, -0.1) is 0 Å². The van der Waals surface area contributed by atoms with E-state index in [2.05, 4.69) is 10.6 Å². The van der Waals surface area contributed by atoms with Crippen LogP contribution in [0.5, 0.6) is 0 Å². The molecule has 0 aromatic rings. The lowest BCUT2D eigenvalue weighted by atomic mass is 10.4. The molecule has 0 spiro atoms. The van der Waals surface area contributed by atoms with Crippen LogP contribution in [-0.2, 0) is 4.79 Å². The number of aldehydes is 1. The third-order valence-electron chi connectivity index (χ3n) is 1.43. The van der Waals surface area contributed by atoms with Crippen molar-refractivity contribution in [3.8, 4) is 0 Å². The SMILES string of the molecule is CN[C@@H](C)C=O.CN[C@@H](C)CO. The maximum Gasteiger partial charge on any atom is 0.136 e. The Balaban J connectivity index is 0. The van der Waals surface area contributed by atoms with Gasteiger partial charge in [0.15, 0.2) is 0 Å². The summed E-state index contributed by atoms with van der Waals surface area (Å²) in [6, 6.07) is 0.245. The van der Waals surface area contributed by atoms with Crippen molar-refractivity contribution in [1.29, 1.82) is 0 Å². The van der Waals surface area contributed by atoms with E-state index in [0.29, 0.717) is 0 Å². The van der Waals surface area contributed by atoms with Gasteiger partial charge in [0, 0.05) is 6.04 Å². The average Bonchev–Trinajstić information content (AvgIpc) is 2.16. The second-order valence-corrected chi connectivity index (χ2v) is 2.59. The largest absolute Gasteiger partial charge is 0.395 e. The second-order valence-electron chi connectivity index (χ2n) is 2.59. The molecule has 4 heteroatoms. The van der Waals surface area contributed by atoms with Crippen LogP contribution in [-0.4, -0.2) is 44.2 Å². The fourth-order valence-corrected chi connectivity index (χ4v) is 0.159. The lowest BCUT2D eigenvalue weighted by Crippen LogP contribution is -2.24. The highest BCUT2D eigenvalue weighted by Crippen LogP contribution is 1.70. The molecule has 3 N–H and O–H groups in total. The van der Waals surface area contributed by atoms with Gasteiger partial charge in [0.1, 0.15) is 6.29 Å². The van der Waals surface area contributed by atoms with Gasteiger partial charge in [-0.2, -0.15) is 0 Å². The van der Waals surface area contributed by atoms with E-state index in [9.17, 15) is 4.79 Å². The van der Waals surface area contributed by atoms with Crippen LogP contribution < -0.4 is 10.6 Å². The Hall–Kier alpha value is -0.450. The van der Waals surface area contributed by atoms with Gasteiger partial charge in [0.05, 0.1) is 12.6 Å². The smallest absolute Gasteiger partial charge is 0.136 e. The van der Waals surface area contributed by atoms with Crippen LogP contribution in [0.2, 0.25) is 0 Å². The normalized spacial score (nSPS) is 14.1. The Morgan fingerprint density at radius 2 is 1.83 bits per heavy atom. The van der Waals surface area contributed by atoms with E-state index < -0.39 is 0 Å². The molecule has 0 saturated carbocycles. The molecule has 74 valence electrons. The van der Waals surface area contributed by atoms with Crippen molar-refractivity contribution in [2.45, 2.75) is 25.9 Å². The van der Waals surface area contributed by atoms with Gasteiger partial charge in [-0.25, -0.2) is 0 Å². The van der Waals surface area contributed by atoms with Gasteiger partial charge in [-0.3, -0.25) is 0 Å². The molecule has 4 nitrogen and oxygen atoms in total. The zero-order valence-electron chi connectivity index (χ0n) is 8.29. The number of aliphatic hydroxyl groups excluding tert-OH is 1. The summed E-state index contributed by atoms with van der Waals surface area (Å²) in [4.78, 5) is 9.67. The Morgan fingerprint density at radius 1 is 1.33 bits per heavy atom. The minimum atomic E-state index is 0.00463. The van der Waals surface area contributed by atoms with Gasteiger partial charge in [0.2, 0.25) is 0 Å². The minimum absolute atomic E-state index is 0.00463. The van der Waals surface area contributed by atoms with Crippen molar-refractivity contribution in [3.63, 3.8) is 0 Å². The van der Waals surface area contributed by atoms with E-state index in [1.165, 1.54) is 0 Å². The highest BCUT2D eigenvalue weighted by Gasteiger charge is 1.88. The number of aliphatic hydroxyl groups is 1. The fraction of sp³-hybridized carbons (Fsp3) is 0.875. The van der Waals surface area contributed by atoms with Gasteiger partial charge in [-0.05, 0) is 27.9 Å². The predicted molar refractivity (Wildman–Crippen MR) is 50.2 cm³/mol. The second kappa shape index (κ2) is 10.6. The molecule has 0 saturated heterocycles. The summed E-state index contributed by atoms with van der Waals surface area (Å²) in [5.41, 5.74) is 0. The molecule has 0 unspecified atom stereocenters. The summed E-state index contributed by atoms with van der Waals surface area (Å²) in [6.45, 7) is 3.93. The number of nitrogens with one attached hydrogen (secondary N) is 2. The van der Waals surface area contributed by atoms with Crippen molar-refractivity contribution in [2.24, 2.45) is 0 Å². The molecule has 0 aromatic heterocycles. The molecule has 0 aliphatic heterocycles. The van der Waals surface area contributed by atoms with Crippen molar-refractivity contribution < 1.29 is 9.90 Å². The van der Waals surface area contributed by atoms with E-state index in [0.717, 1.165) is 6.29 Å². The van der Waals surface area contributed by atoms with E-state index >= 15 is 0 Å². The molecule has 12 heavy (non-hydrogen) atoms. The number of hydrogen-bond acceptors (Lipinski definition) is 4. The standard InChI is InChI=1S/C4H11NO.C4H9NO/c2*1-4(3-6)5-2/h4-6H,3H2,1-2H3;3-5H,1-2H3/t2*4-/m00/s1. The molecule has 0 aromatic carbocycles. The number of carbonyl (C=O) groups is 1. The Bertz CT molecular complexity index is 95.1. The zero-order chi connectivity index (χ0) is 9.98. The van der Waals surface area contributed by atoms with Gasteiger partial charge >= 0.3 is 0 Å². The molecule has 0 heterocycles. The maximum atomic E-state index is 9.67. The molecule has 2 atom stereocenters. The summed E-state index contributed by atoms with van der Waals surface area (Å²) in [7, 11) is 3.57. The molecule has 0 rings (SSSR count). The minimum Gasteiger partial charge on any atom is -0.395 e. The summed E-state index contributed by atoms with van der Waals surface area (Å²) in [5.74, 6) is 0. The van der Waals surface area contributed by atoms with Gasteiger partial charge in [-0.1, -0.05) is 0 Å². The zero-order valence-corrected chi connectivity index (χ0v) is 8.29. The van der Waals surface area contributed by atoms with E-state index in [-0.39, 0.29) is 18.7 Å². The van der Waals surface area contributed by atoms with E-state index in [4.69, 9.17) is 5.11 Å². The molecular weight excluding hydrogens is 156 g/mol. The van der Waals surface area contributed by atoms with Gasteiger partial charge in [0.25, 0.3) is 0 Å². The van der Waals surface area contributed by atoms with Crippen molar-refractivity contribution in [3.05, 3.63) is 0 Å². The van der Waals surface area contributed by atoms with E-state index in [1.807, 2.05) is 14.0 Å². The molecule has 0 fully saturated rings. The Kier molecular flexibility index (Phi) is 12.4. The first-order valence-electron chi connectivity index (χ1n) is 4.03. The summed E-state index contributed by atoms with van der Waals surface area (Å²) < 4.78 is 0. The molecule has 0 aliphatic rings.